The van der Waals surface area contributed by atoms with Crippen LogP contribution in [-0.2, 0) is 0 Å². The fourth-order valence-corrected chi connectivity index (χ4v) is 3.37. The van der Waals surface area contributed by atoms with Gasteiger partial charge >= 0.3 is 0 Å². The molecule has 3 aromatic carbocycles. The maximum atomic E-state index is 12.9. The molecule has 0 unspecified atom stereocenters. The Morgan fingerprint density at radius 3 is 2.14 bits per heavy atom. The normalized spacial score (nSPS) is 15.4. The Balaban J connectivity index is 1.78. The molecule has 0 fully saturated rings. The van der Waals surface area contributed by atoms with Gasteiger partial charge in [-0.05, 0) is 48.9 Å². The van der Waals surface area contributed by atoms with E-state index in [9.17, 15) is 4.79 Å². The van der Waals surface area contributed by atoms with Crippen molar-refractivity contribution in [2.75, 3.05) is 7.11 Å². The topological polar surface area (TPSA) is 63.1 Å². The molecule has 144 valence electrons. The molecule has 0 bridgehead atoms. The van der Waals surface area contributed by atoms with Crippen LogP contribution in [0.5, 0.6) is 5.75 Å². The van der Waals surface area contributed by atoms with Gasteiger partial charge in [-0.1, -0.05) is 42.5 Å². The van der Waals surface area contributed by atoms with Crippen molar-refractivity contribution in [2.45, 2.75) is 12.8 Å². The molecule has 0 aliphatic carbocycles. The molecular formula is C24H21N3O2. The van der Waals surface area contributed by atoms with E-state index in [1.54, 1.807) is 19.2 Å². The molecule has 3 aromatic rings. The molecule has 29 heavy (non-hydrogen) atoms. The summed E-state index contributed by atoms with van der Waals surface area (Å²) in [5.74, 6) is 0.846. The number of fused-ring (bicyclic) bond motifs is 1. The first-order chi connectivity index (χ1) is 14.2. The van der Waals surface area contributed by atoms with Crippen molar-refractivity contribution in [3.8, 4) is 5.75 Å². The van der Waals surface area contributed by atoms with Crippen LogP contribution in [-0.4, -0.2) is 24.6 Å². The second kappa shape index (κ2) is 8.10. The number of hydrogen-bond acceptors (Lipinski definition) is 4. The molecule has 5 heteroatoms. The fraction of sp³-hybridized carbons (Fsp3) is 0.125. The van der Waals surface area contributed by atoms with Gasteiger partial charge in [0.25, 0.3) is 5.91 Å². The van der Waals surface area contributed by atoms with Crippen molar-refractivity contribution in [3.05, 3.63) is 90.0 Å². The van der Waals surface area contributed by atoms with Crippen molar-refractivity contribution < 1.29 is 9.53 Å². The first-order valence-corrected chi connectivity index (χ1v) is 9.39. The summed E-state index contributed by atoms with van der Waals surface area (Å²) in [5, 5.41) is 3.02. The maximum absolute atomic E-state index is 12.9. The first-order valence-electron chi connectivity index (χ1n) is 9.39. The van der Waals surface area contributed by atoms with Crippen LogP contribution in [0.15, 0.2) is 88.8 Å². The molecule has 1 aliphatic rings. The molecule has 1 amide bonds. The number of rotatable bonds is 3. The van der Waals surface area contributed by atoms with Crippen LogP contribution in [0, 0.1) is 0 Å². The van der Waals surface area contributed by atoms with Gasteiger partial charge in [-0.25, -0.2) is 4.99 Å². The number of benzene rings is 3. The number of nitrogens with one attached hydrogen (secondary N) is 1. The number of amides is 1. The average Bonchev–Trinajstić information content (AvgIpc) is 2.89. The van der Waals surface area contributed by atoms with Gasteiger partial charge in [-0.3, -0.25) is 9.79 Å². The second-order valence-electron chi connectivity index (χ2n) is 6.77. The zero-order valence-electron chi connectivity index (χ0n) is 16.3. The number of nitrogens with zero attached hydrogens (tertiary/aromatic N) is 2. The lowest BCUT2D eigenvalue weighted by molar-refractivity contribution is 0.0976. The van der Waals surface area contributed by atoms with E-state index in [1.807, 2.05) is 73.7 Å². The molecule has 1 N–H and O–H groups in total. The molecule has 0 saturated heterocycles. The van der Waals surface area contributed by atoms with Crippen LogP contribution in [0.1, 0.15) is 28.8 Å². The summed E-state index contributed by atoms with van der Waals surface area (Å²) in [6, 6.07) is 24.5. The van der Waals surface area contributed by atoms with E-state index < -0.39 is 0 Å². The zero-order valence-corrected chi connectivity index (χ0v) is 16.3. The Bertz CT molecular complexity index is 1090. The third-order valence-electron chi connectivity index (χ3n) is 4.84. The van der Waals surface area contributed by atoms with E-state index in [4.69, 9.17) is 14.7 Å². The monoisotopic (exact) mass is 383 g/mol. The van der Waals surface area contributed by atoms with Crippen LogP contribution < -0.4 is 10.1 Å². The van der Waals surface area contributed by atoms with Gasteiger partial charge in [0.15, 0.2) is 0 Å². The molecule has 1 atom stereocenters. The van der Waals surface area contributed by atoms with E-state index >= 15 is 0 Å². The van der Waals surface area contributed by atoms with Crippen LogP contribution in [0.2, 0.25) is 0 Å². The predicted octanol–water partition coefficient (Wildman–Crippen LogP) is 5.05. The van der Waals surface area contributed by atoms with E-state index in [2.05, 4.69) is 5.32 Å². The average molecular weight is 383 g/mol. The quantitative estimate of drug-likeness (QED) is 0.688. The third-order valence-corrected chi connectivity index (χ3v) is 4.84. The molecule has 0 aromatic heterocycles. The minimum absolute atomic E-state index is 0.199. The van der Waals surface area contributed by atoms with Gasteiger partial charge in [0, 0.05) is 11.3 Å². The zero-order chi connectivity index (χ0) is 20.2. The van der Waals surface area contributed by atoms with Gasteiger partial charge in [0.2, 0.25) is 0 Å². The number of carbonyl (C=O) groups is 1. The standard InChI is InChI=1S/C24H21N3O2/c1-16-22(17-12-14-19(29-2)15-13-17)23(26-21-11-7-6-10-20(21)25-16)27-24(28)18-8-4-3-5-9-18/h3-15,22H,1-2H3,(H,26,27,28)/t22-/m1/s1. The van der Waals surface area contributed by atoms with Crippen molar-refractivity contribution in [2.24, 2.45) is 9.98 Å². The number of methoxy groups -OCH3 is 1. The Hall–Kier alpha value is -3.73. The highest BCUT2D eigenvalue weighted by molar-refractivity contribution is 6.19. The Labute approximate surface area is 169 Å². The molecule has 0 saturated carbocycles. The minimum Gasteiger partial charge on any atom is -0.497 e. The summed E-state index contributed by atoms with van der Waals surface area (Å²) in [6.07, 6.45) is 0. The summed E-state index contributed by atoms with van der Waals surface area (Å²) in [6.45, 7) is 1.96. The second-order valence-corrected chi connectivity index (χ2v) is 6.77. The van der Waals surface area contributed by atoms with E-state index in [-0.39, 0.29) is 11.8 Å². The van der Waals surface area contributed by atoms with Gasteiger partial charge in [0.05, 0.1) is 24.4 Å². The number of hydrogen-bond donors (Lipinski definition) is 1. The molecule has 0 radical (unpaired) electrons. The van der Waals surface area contributed by atoms with Crippen molar-refractivity contribution >= 4 is 28.8 Å². The number of carbonyl (C=O) groups excluding carboxylic acids is 1. The third kappa shape index (κ3) is 3.94. The first kappa shape index (κ1) is 18.6. The molecule has 4 rings (SSSR count). The van der Waals surface area contributed by atoms with E-state index in [0.717, 1.165) is 28.4 Å². The SMILES string of the molecule is COc1ccc([C@H]2C(C)=Nc3ccccc3N=C2NC(=O)c2ccccc2)cc1. The van der Waals surface area contributed by atoms with Gasteiger partial charge in [-0.15, -0.1) is 0 Å². The molecule has 5 nitrogen and oxygen atoms in total. The summed E-state index contributed by atoms with van der Waals surface area (Å²) in [7, 11) is 1.64. The fourth-order valence-electron chi connectivity index (χ4n) is 3.37. The summed E-state index contributed by atoms with van der Waals surface area (Å²) < 4.78 is 5.28. The number of aliphatic imine (C=N–C) groups is 2. The van der Waals surface area contributed by atoms with Gasteiger partial charge in [0.1, 0.15) is 11.6 Å². The van der Waals surface area contributed by atoms with Crippen molar-refractivity contribution in [3.63, 3.8) is 0 Å². The lowest BCUT2D eigenvalue weighted by Crippen LogP contribution is -2.37. The minimum atomic E-state index is -0.277. The summed E-state index contributed by atoms with van der Waals surface area (Å²) >= 11 is 0. The highest BCUT2D eigenvalue weighted by Gasteiger charge is 2.26. The van der Waals surface area contributed by atoms with Crippen LogP contribution in [0.4, 0.5) is 11.4 Å². The number of amidine groups is 1. The Morgan fingerprint density at radius 1 is 0.862 bits per heavy atom. The Morgan fingerprint density at radius 2 is 1.48 bits per heavy atom. The predicted molar refractivity (Wildman–Crippen MR) is 116 cm³/mol. The van der Waals surface area contributed by atoms with E-state index in [0.29, 0.717) is 11.4 Å². The van der Waals surface area contributed by atoms with Crippen LogP contribution >= 0.6 is 0 Å². The van der Waals surface area contributed by atoms with Crippen LogP contribution in [0.3, 0.4) is 0 Å². The van der Waals surface area contributed by atoms with Crippen molar-refractivity contribution in [1.29, 1.82) is 0 Å². The molecule has 0 spiro atoms. The van der Waals surface area contributed by atoms with E-state index in [1.165, 1.54) is 0 Å². The number of para-hydroxylation sites is 2. The Kier molecular flexibility index (Phi) is 5.20. The maximum Gasteiger partial charge on any atom is 0.256 e. The highest BCUT2D eigenvalue weighted by atomic mass is 16.5. The summed E-state index contributed by atoms with van der Waals surface area (Å²) in [5.41, 5.74) is 3.92. The molecule has 1 heterocycles. The highest BCUT2D eigenvalue weighted by Crippen LogP contribution is 2.34. The van der Waals surface area contributed by atoms with Crippen molar-refractivity contribution in [1.82, 2.24) is 5.32 Å². The van der Waals surface area contributed by atoms with Gasteiger partial charge < -0.3 is 10.1 Å². The lowest BCUT2D eigenvalue weighted by atomic mass is 9.93. The molecule has 1 aliphatic heterocycles. The van der Waals surface area contributed by atoms with Crippen LogP contribution in [0.25, 0.3) is 0 Å². The van der Waals surface area contributed by atoms with Gasteiger partial charge in [-0.2, -0.15) is 0 Å². The molecular weight excluding hydrogens is 362 g/mol. The largest absolute Gasteiger partial charge is 0.497 e. The lowest BCUT2D eigenvalue weighted by Gasteiger charge is -2.19. The smallest absolute Gasteiger partial charge is 0.256 e. The number of ether oxygens (including phenoxy) is 1. The summed E-state index contributed by atoms with van der Waals surface area (Å²) in [4.78, 5) is 22.5.